The standard InChI is InChI=1S/C24H27ClN8O7S2/c1-10(26)7-28-13-3-5-32(6-4-13)8-12-9-41-21-16(20(35)33(21)17(12)23(38)39)29-19(34)15(31-40-11(2)22(36)37)14-18(25)42-24(27)30-14/h3-6,10-11,16,21H,7-9,26H2,1-2H3,(H5,27,29,30,34,36,37,38,39)/b31-15-/t10-,11-,16+,21+/m0/s1. The lowest BCUT2D eigenvalue weighted by molar-refractivity contribution is -0.689. The van der Waals surface area contributed by atoms with Crippen molar-refractivity contribution >= 4 is 75.0 Å². The molecule has 2 aliphatic heterocycles. The second-order valence-electron chi connectivity index (χ2n) is 9.42. The highest BCUT2D eigenvalue weighted by Crippen LogP contribution is 2.40. The Morgan fingerprint density at radius 1 is 1.36 bits per heavy atom. The maximum absolute atomic E-state index is 13.2. The molecule has 0 unspecified atom stereocenters. The number of nitrogens with zero attached hydrogens (tertiary/aromatic N) is 4. The number of aliphatic carboxylic acids is 2. The van der Waals surface area contributed by atoms with E-state index in [1.165, 1.54) is 18.7 Å². The minimum Gasteiger partial charge on any atom is -0.543 e. The number of hydrogen-bond acceptors (Lipinski definition) is 13. The molecule has 0 saturated carbocycles. The van der Waals surface area contributed by atoms with Crippen LogP contribution in [0.4, 0.5) is 10.8 Å². The molecule has 2 aromatic rings. The first-order chi connectivity index (χ1) is 19.9. The maximum atomic E-state index is 13.2. The third-order valence-electron chi connectivity index (χ3n) is 6.11. The molecule has 2 aromatic heterocycles. The van der Waals surface area contributed by atoms with Gasteiger partial charge in [0.05, 0.1) is 11.7 Å². The average molecular weight is 639 g/mol. The van der Waals surface area contributed by atoms with E-state index in [4.69, 9.17) is 33.0 Å². The van der Waals surface area contributed by atoms with E-state index in [2.05, 4.69) is 20.8 Å². The van der Waals surface area contributed by atoms with Crippen molar-refractivity contribution in [3.8, 4) is 0 Å². The molecule has 0 spiro atoms. The number of rotatable bonds is 12. The molecule has 18 heteroatoms. The first-order valence-corrected chi connectivity index (χ1v) is 14.7. The monoisotopic (exact) mass is 638 g/mol. The zero-order valence-corrected chi connectivity index (χ0v) is 24.7. The SMILES string of the molecule is C[C@H](N)CNc1cc[n+](CC2=C(C(=O)[O-])N3C(=O)[C@@H](NC(=O)/C(=N\O[C@@H](C)C(=O)O)c4nc(N)sc4Cl)[C@H]3SC2)cc1. The van der Waals surface area contributed by atoms with Crippen molar-refractivity contribution < 1.29 is 38.8 Å². The number of oxime groups is 1. The highest BCUT2D eigenvalue weighted by Gasteiger charge is 2.53. The average Bonchev–Trinajstić information content (AvgIpc) is 3.27. The van der Waals surface area contributed by atoms with Crippen LogP contribution in [0.3, 0.4) is 0 Å². The fourth-order valence-corrected chi connectivity index (χ4v) is 6.28. The summed E-state index contributed by atoms with van der Waals surface area (Å²) in [7, 11) is 0. The van der Waals surface area contributed by atoms with Gasteiger partial charge in [-0.3, -0.25) is 14.5 Å². The normalized spacial score (nSPS) is 19.9. The number of nitrogens with two attached hydrogens (primary N) is 2. The number of nitrogens with one attached hydrogen (secondary N) is 2. The molecule has 0 aliphatic carbocycles. The van der Waals surface area contributed by atoms with Gasteiger partial charge in [0.2, 0.25) is 6.10 Å². The van der Waals surface area contributed by atoms with Crippen LogP contribution in [0.2, 0.25) is 4.34 Å². The zero-order valence-electron chi connectivity index (χ0n) is 22.3. The van der Waals surface area contributed by atoms with Crippen LogP contribution in [0.1, 0.15) is 19.5 Å². The van der Waals surface area contributed by atoms with Crippen LogP contribution in [-0.2, 0) is 30.6 Å². The first kappa shape index (κ1) is 31.0. The van der Waals surface area contributed by atoms with Crippen molar-refractivity contribution in [3.05, 3.63) is 45.8 Å². The van der Waals surface area contributed by atoms with Crippen LogP contribution in [0.15, 0.2) is 41.0 Å². The largest absolute Gasteiger partial charge is 0.543 e. The highest BCUT2D eigenvalue weighted by atomic mass is 35.5. The molecule has 0 bridgehead atoms. The van der Waals surface area contributed by atoms with E-state index in [9.17, 15) is 24.3 Å². The number of carboxylic acids is 2. The van der Waals surface area contributed by atoms with Gasteiger partial charge in [0.15, 0.2) is 29.8 Å². The number of nitrogen functional groups attached to an aromatic ring is 1. The lowest BCUT2D eigenvalue weighted by Gasteiger charge is -2.50. The Morgan fingerprint density at radius 3 is 2.62 bits per heavy atom. The molecule has 4 rings (SSSR count). The summed E-state index contributed by atoms with van der Waals surface area (Å²) in [6.07, 6.45) is 2.13. The first-order valence-electron chi connectivity index (χ1n) is 12.4. The number of fused-ring (bicyclic) bond motifs is 1. The molecule has 7 N–H and O–H groups in total. The van der Waals surface area contributed by atoms with Crippen molar-refractivity contribution in [1.29, 1.82) is 0 Å². The summed E-state index contributed by atoms with van der Waals surface area (Å²) < 4.78 is 1.76. The molecule has 1 saturated heterocycles. The number of carbonyl (C=O) groups excluding carboxylic acids is 3. The molecular formula is C24H27ClN8O7S2. The number of pyridine rings is 1. The second-order valence-corrected chi connectivity index (χ2v) is 12.2. The van der Waals surface area contributed by atoms with Crippen LogP contribution in [-0.4, -0.2) is 80.3 Å². The van der Waals surface area contributed by atoms with E-state index in [1.807, 2.05) is 19.1 Å². The Kier molecular flexibility index (Phi) is 9.55. The van der Waals surface area contributed by atoms with Crippen LogP contribution in [0, 0.1) is 0 Å². The third-order valence-corrected chi connectivity index (χ3v) is 8.53. The van der Waals surface area contributed by atoms with Crippen LogP contribution < -0.4 is 31.8 Å². The number of carboxylic acid groups (broad SMARTS) is 2. The molecule has 1 fully saturated rings. The number of β-lactam (4-membered cyclic amide) rings is 1. The van der Waals surface area contributed by atoms with E-state index < -0.39 is 47.0 Å². The number of amides is 2. The summed E-state index contributed by atoms with van der Waals surface area (Å²) in [4.78, 5) is 59.6. The summed E-state index contributed by atoms with van der Waals surface area (Å²) in [6.45, 7) is 3.85. The summed E-state index contributed by atoms with van der Waals surface area (Å²) in [5, 5.41) is 29.8. The smallest absolute Gasteiger partial charge is 0.347 e. The van der Waals surface area contributed by atoms with Crippen molar-refractivity contribution in [2.75, 3.05) is 23.3 Å². The Balaban J connectivity index is 1.51. The van der Waals surface area contributed by atoms with Crippen molar-refractivity contribution in [2.45, 2.75) is 44.0 Å². The van der Waals surface area contributed by atoms with Gasteiger partial charge in [-0.15, -0.1) is 11.8 Å². The van der Waals surface area contributed by atoms with E-state index >= 15 is 0 Å². The second kappa shape index (κ2) is 12.9. The summed E-state index contributed by atoms with van der Waals surface area (Å²) in [5.41, 5.74) is 11.8. The van der Waals surface area contributed by atoms with Gasteiger partial charge in [0.1, 0.15) is 21.4 Å². The minimum atomic E-state index is -1.52. The van der Waals surface area contributed by atoms with Crippen molar-refractivity contribution in [3.63, 3.8) is 0 Å². The van der Waals surface area contributed by atoms with Gasteiger partial charge in [0, 0.05) is 41.7 Å². The van der Waals surface area contributed by atoms with E-state index in [-0.39, 0.29) is 39.2 Å². The van der Waals surface area contributed by atoms with Gasteiger partial charge in [-0.05, 0) is 13.8 Å². The molecule has 2 aliphatic rings. The number of carbonyl (C=O) groups is 4. The van der Waals surface area contributed by atoms with Crippen LogP contribution in [0.5, 0.6) is 0 Å². The summed E-state index contributed by atoms with van der Waals surface area (Å²) in [5.74, 6) is -4.24. The number of anilines is 2. The predicted molar refractivity (Wildman–Crippen MR) is 152 cm³/mol. The molecule has 4 heterocycles. The maximum Gasteiger partial charge on any atom is 0.347 e. The van der Waals surface area contributed by atoms with Gasteiger partial charge in [-0.1, -0.05) is 28.1 Å². The fourth-order valence-electron chi connectivity index (χ4n) is 4.01. The molecule has 224 valence electrons. The quantitative estimate of drug-likeness (QED) is 0.0792. The molecule has 15 nitrogen and oxygen atoms in total. The number of halogens is 1. The molecule has 42 heavy (non-hydrogen) atoms. The molecule has 0 radical (unpaired) electrons. The topological polar surface area (TPSA) is 229 Å². The van der Waals surface area contributed by atoms with Gasteiger partial charge in [-0.2, -0.15) is 0 Å². The molecule has 0 aromatic carbocycles. The Morgan fingerprint density at radius 2 is 2.05 bits per heavy atom. The number of aromatic nitrogens is 2. The predicted octanol–water partition coefficient (Wildman–Crippen LogP) is -1.28. The van der Waals surface area contributed by atoms with Gasteiger partial charge >= 0.3 is 5.97 Å². The van der Waals surface area contributed by atoms with Crippen molar-refractivity contribution in [1.82, 2.24) is 15.2 Å². The number of hydrogen-bond donors (Lipinski definition) is 5. The Hall–Kier alpha value is -3.93. The lowest BCUT2D eigenvalue weighted by atomic mass is 10.0. The zero-order chi connectivity index (χ0) is 30.7. The number of thiazole rings is 1. The Bertz CT molecular complexity index is 1460. The molecular weight excluding hydrogens is 612 g/mol. The van der Waals surface area contributed by atoms with Gasteiger partial charge in [-0.25, -0.2) is 14.3 Å². The summed E-state index contributed by atoms with van der Waals surface area (Å²) >= 11 is 8.25. The van der Waals surface area contributed by atoms with E-state index in [1.54, 1.807) is 17.0 Å². The highest BCUT2D eigenvalue weighted by molar-refractivity contribution is 8.00. The van der Waals surface area contributed by atoms with Crippen LogP contribution in [0.25, 0.3) is 0 Å². The van der Waals surface area contributed by atoms with Crippen molar-refractivity contribution in [2.24, 2.45) is 10.9 Å². The third kappa shape index (κ3) is 6.75. The van der Waals surface area contributed by atoms with E-state index in [0.717, 1.165) is 21.9 Å². The Labute approximate surface area is 252 Å². The molecule has 2 amide bonds. The lowest BCUT2D eigenvalue weighted by Crippen LogP contribution is -2.71. The van der Waals surface area contributed by atoms with Gasteiger partial charge < -0.3 is 41.9 Å². The van der Waals surface area contributed by atoms with Crippen LogP contribution >= 0.6 is 34.7 Å². The van der Waals surface area contributed by atoms with Gasteiger partial charge in [0.25, 0.3) is 11.8 Å². The van der Waals surface area contributed by atoms with E-state index in [0.29, 0.717) is 12.1 Å². The molecule has 4 atom stereocenters. The fraction of sp³-hybridized carbons (Fsp3) is 0.375. The summed E-state index contributed by atoms with van der Waals surface area (Å²) in [6, 6.07) is 2.49. The minimum absolute atomic E-state index is 0.0105. The number of thioether (sulfide) groups is 1.